The number of methoxy groups -OCH3 is 1. The van der Waals surface area contributed by atoms with Crippen molar-refractivity contribution in [2.75, 3.05) is 20.3 Å². The van der Waals surface area contributed by atoms with Crippen molar-refractivity contribution in [3.05, 3.63) is 63.2 Å². The molecule has 13 nitrogen and oxygen atoms in total. The van der Waals surface area contributed by atoms with Crippen molar-refractivity contribution in [3.63, 3.8) is 0 Å². The first-order chi connectivity index (χ1) is 16.2. The van der Waals surface area contributed by atoms with Crippen molar-refractivity contribution in [1.82, 2.24) is 10.2 Å². The van der Waals surface area contributed by atoms with Gasteiger partial charge in [-0.3, -0.25) is 19.8 Å². The number of carbonyl (C=O) groups is 4. The van der Waals surface area contributed by atoms with Crippen molar-refractivity contribution in [1.29, 1.82) is 0 Å². The lowest BCUT2D eigenvalue weighted by atomic mass is 10.1. The second kappa shape index (κ2) is 10.3. The molecule has 178 valence electrons. The van der Waals surface area contributed by atoms with E-state index in [1.165, 1.54) is 37.5 Å². The maximum Gasteiger partial charge on any atom is 0.373 e. The summed E-state index contributed by atoms with van der Waals surface area (Å²) in [5.41, 5.74) is -0.343. The number of hydrogen-bond donors (Lipinski definition) is 1. The molecule has 0 spiro atoms. The average Bonchev–Trinajstić information content (AvgIpc) is 3.38. The van der Waals surface area contributed by atoms with Crippen molar-refractivity contribution in [3.8, 4) is 5.75 Å². The van der Waals surface area contributed by atoms with Gasteiger partial charge in [-0.05, 0) is 36.8 Å². The minimum absolute atomic E-state index is 0.0853. The first-order valence-electron chi connectivity index (χ1n) is 9.82. The van der Waals surface area contributed by atoms with Gasteiger partial charge in [0.1, 0.15) is 11.5 Å². The van der Waals surface area contributed by atoms with Crippen molar-refractivity contribution in [2.24, 2.45) is 0 Å². The van der Waals surface area contributed by atoms with E-state index in [4.69, 9.17) is 13.9 Å². The van der Waals surface area contributed by atoms with Crippen LogP contribution in [0.4, 0.5) is 10.5 Å². The monoisotopic (exact) mass is 473 g/mol. The minimum atomic E-state index is -0.740. The van der Waals surface area contributed by atoms with Crippen LogP contribution in [0, 0.1) is 10.1 Å². The highest BCUT2D eigenvalue weighted by Crippen LogP contribution is 2.29. The molecule has 1 N–H and O–H groups in total. The standard InChI is InChI=1S/C21H19N3O10/c1-3-32-18(25)11-33-16-6-4-12(9-15(16)24(29)30)8-14-19(26)23(21(28)22-14)10-13-5-7-17(34-13)20(27)31-2/h4-9H,3,10-11H2,1-2H3,(H,22,28)/b14-8-. The lowest BCUT2D eigenvalue weighted by Gasteiger charge is -2.09. The molecular weight excluding hydrogens is 454 g/mol. The van der Waals surface area contributed by atoms with Crippen LogP contribution in [0.2, 0.25) is 0 Å². The summed E-state index contributed by atoms with van der Waals surface area (Å²) < 4.78 is 19.7. The summed E-state index contributed by atoms with van der Waals surface area (Å²) in [6, 6.07) is 5.84. The molecule has 1 aromatic carbocycles. The van der Waals surface area contributed by atoms with E-state index in [1.54, 1.807) is 6.92 Å². The summed E-state index contributed by atoms with van der Waals surface area (Å²) in [5.74, 6) is -2.17. The Kier molecular flexibility index (Phi) is 7.26. The number of nitro groups is 1. The summed E-state index contributed by atoms with van der Waals surface area (Å²) in [6.07, 6.45) is 1.25. The molecule has 3 rings (SSSR count). The van der Waals surface area contributed by atoms with Crippen LogP contribution in [-0.2, 0) is 25.6 Å². The molecule has 0 atom stereocenters. The third-order valence-electron chi connectivity index (χ3n) is 4.47. The number of furan rings is 1. The average molecular weight is 473 g/mol. The van der Waals surface area contributed by atoms with Crippen LogP contribution >= 0.6 is 0 Å². The van der Waals surface area contributed by atoms with Crippen molar-refractivity contribution in [2.45, 2.75) is 13.5 Å². The fourth-order valence-electron chi connectivity index (χ4n) is 2.94. The highest BCUT2D eigenvalue weighted by molar-refractivity contribution is 6.13. The number of amides is 3. The SMILES string of the molecule is CCOC(=O)COc1ccc(/C=C2\NC(=O)N(Cc3ccc(C(=O)OC)o3)C2=O)cc1[N+](=O)[O-]. The van der Waals surface area contributed by atoms with Crippen LogP contribution < -0.4 is 10.1 Å². The summed E-state index contributed by atoms with van der Waals surface area (Å²) in [6.45, 7) is 0.990. The van der Waals surface area contributed by atoms with Gasteiger partial charge in [0.2, 0.25) is 5.76 Å². The van der Waals surface area contributed by atoms with E-state index >= 15 is 0 Å². The van der Waals surface area contributed by atoms with Gasteiger partial charge >= 0.3 is 23.7 Å². The van der Waals surface area contributed by atoms with Crippen LogP contribution in [0.3, 0.4) is 0 Å². The van der Waals surface area contributed by atoms with Gasteiger partial charge in [0.05, 0.1) is 25.2 Å². The third kappa shape index (κ3) is 5.38. The first kappa shape index (κ1) is 24.0. The largest absolute Gasteiger partial charge is 0.475 e. The number of urea groups is 1. The van der Waals surface area contributed by atoms with E-state index in [2.05, 4.69) is 10.1 Å². The molecule has 0 aliphatic carbocycles. The summed E-state index contributed by atoms with van der Waals surface area (Å²) in [4.78, 5) is 59.4. The molecule has 34 heavy (non-hydrogen) atoms. The number of carbonyl (C=O) groups excluding carboxylic acids is 4. The Hall–Kier alpha value is -4.68. The predicted molar refractivity (Wildman–Crippen MR) is 112 cm³/mol. The molecule has 1 fully saturated rings. The second-order valence-electron chi connectivity index (χ2n) is 6.71. The summed E-state index contributed by atoms with van der Waals surface area (Å²) in [7, 11) is 1.18. The van der Waals surface area contributed by atoms with E-state index in [-0.39, 0.29) is 41.7 Å². The van der Waals surface area contributed by atoms with Gasteiger partial charge in [-0.15, -0.1) is 0 Å². The number of hydrogen-bond acceptors (Lipinski definition) is 10. The van der Waals surface area contributed by atoms with Gasteiger partial charge < -0.3 is 23.9 Å². The van der Waals surface area contributed by atoms with Crippen molar-refractivity contribution < 1.29 is 42.7 Å². The van der Waals surface area contributed by atoms with E-state index in [0.717, 1.165) is 11.0 Å². The number of imide groups is 1. The number of esters is 2. The first-order valence-corrected chi connectivity index (χ1v) is 9.82. The number of benzene rings is 1. The maximum atomic E-state index is 12.7. The quantitative estimate of drug-likeness (QED) is 0.187. The fourth-order valence-corrected chi connectivity index (χ4v) is 2.94. The molecular formula is C21H19N3O10. The molecule has 3 amide bonds. The normalized spacial score (nSPS) is 14.2. The van der Waals surface area contributed by atoms with Crippen LogP contribution in [0.15, 0.2) is 40.4 Å². The van der Waals surface area contributed by atoms with Gasteiger partial charge in [0.25, 0.3) is 5.91 Å². The van der Waals surface area contributed by atoms with Crippen LogP contribution in [0.5, 0.6) is 5.75 Å². The molecule has 1 aromatic heterocycles. The van der Waals surface area contributed by atoms with Crippen molar-refractivity contribution >= 4 is 35.6 Å². The number of rotatable bonds is 9. The minimum Gasteiger partial charge on any atom is -0.475 e. The Morgan fingerprint density at radius 1 is 1.24 bits per heavy atom. The number of nitro benzene ring substituents is 1. The molecule has 0 radical (unpaired) electrons. The summed E-state index contributed by atoms with van der Waals surface area (Å²) >= 11 is 0. The zero-order valence-electron chi connectivity index (χ0n) is 18.1. The Bertz CT molecular complexity index is 1180. The van der Waals surface area contributed by atoms with Crippen LogP contribution in [0.25, 0.3) is 6.08 Å². The molecule has 13 heteroatoms. The Labute approximate surface area is 192 Å². The molecule has 0 bridgehead atoms. The highest BCUT2D eigenvalue weighted by atomic mass is 16.6. The van der Waals surface area contributed by atoms with Crippen LogP contribution in [-0.4, -0.2) is 54.0 Å². The molecule has 0 saturated carbocycles. The molecule has 0 unspecified atom stereocenters. The Morgan fingerprint density at radius 2 is 2.00 bits per heavy atom. The van der Waals surface area contributed by atoms with Gasteiger partial charge in [-0.25, -0.2) is 14.4 Å². The number of ether oxygens (including phenoxy) is 3. The second-order valence-corrected chi connectivity index (χ2v) is 6.71. The third-order valence-corrected chi connectivity index (χ3v) is 4.47. The lowest BCUT2D eigenvalue weighted by Crippen LogP contribution is -2.30. The van der Waals surface area contributed by atoms with Crippen LogP contribution in [0.1, 0.15) is 28.8 Å². The smallest absolute Gasteiger partial charge is 0.373 e. The maximum absolute atomic E-state index is 12.7. The van der Waals surface area contributed by atoms with E-state index < -0.39 is 41.1 Å². The van der Waals surface area contributed by atoms with E-state index in [1.807, 2.05) is 0 Å². The summed E-state index contributed by atoms with van der Waals surface area (Å²) in [5, 5.41) is 13.8. The lowest BCUT2D eigenvalue weighted by molar-refractivity contribution is -0.385. The Morgan fingerprint density at radius 3 is 2.68 bits per heavy atom. The predicted octanol–water partition coefficient (Wildman–Crippen LogP) is 2.01. The molecule has 1 saturated heterocycles. The highest BCUT2D eigenvalue weighted by Gasteiger charge is 2.34. The zero-order valence-corrected chi connectivity index (χ0v) is 18.1. The number of nitrogens with zero attached hydrogens (tertiary/aromatic N) is 2. The zero-order chi connectivity index (χ0) is 24.8. The van der Waals surface area contributed by atoms with Gasteiger partial charge in [-0.1, -0.05) is 6.07 Å². The topological polar surface area (TPSA) is 168 Å². The van der Waals surface area contributed by atoms with Gasteiger partial charge in [0.15, 0.2) is 12.4 Å². The van der Waals surface area contributed by atoms with E-state index in [0.29, 0.717) is 0 Å². The molecule has 1 aliphatic rings. The van der Waals surface area contributed by atoms with E-state index in [9.17, 15) is 29.3 Å². The molecule has 1 aliphatic heterocycles. The fraction of sp³-hybridized carbons (Fsp3) is 0.238. The van der Waals surface area contributed by atoms with Gasteiger partial charge in [0, 0.05) is 6.07 Å². The van der Waals surface area contributed by atoms with Gasteiger partial charge in [-0.2, -0.15) is 0 Å². The Balaban J connectivity index is 1.76. The number of nitrogens with one attached hydrogen (secondary N) is 1. The molecule has 2 heterocycles. The molecule has 2 aromatic rings.